The molecule has 0 unspecified atom stereocenters. The molecule has 2 aromatic heterocycles. The van der Waals surface area contributed by atoms with E-state index in [0.717, 1.165) is 29.6 Å². The van der Waals surface area contributed by atoms with Crippen LogP contribution in [0.2, 0.25) is 0 Å². The summed E-state index contributed by atoms with van der Waals surface area (Å²) in [5.74, 6) is -0.333. The molecule has 0 saturated heterocycles. The van der Waals surface area contributed by atoms with E-state index < -0.39 is 4.92 Å². The maximum atomic E-state index is 13.3. The molecule has 4 rings (SSSR count). The van der Waals surface area contributed by atoms with Crippen molar-refractivity contribution in [1.29, 1.82) is 0 Å². The lowest BCUT2D eigenvalue weighted by molar-refractivity contribution is -0.380. The summed E-state index contributed by atoms with van der Waals surface area (Å²) in [6.45, 7) is 0. The second-order valence-corrected chi connectivity index (χ2v) is 10.1. The minimum Gasteiger partial charge on any atom is -0.267 e. The van der Waals surface area contributed by atoms with Gasteiger partial charge in [0.25, 0.3) is 5.91 Å². The van der Waals surface area contributed by atoms with Gasteiger partial charge in [-0.15, -0.1) is 0 Å². The molecule has 2 heterocycles. The predicted octanol–water partition coefficient (Wildman–Crippen LogP) is 6.31. The van der Waals surface area contributed by atoms with Crippen LogP contribution in [0.3, 0.4) is 0 Å². The third-order valence-electron chi connectivity index (χ3n) is 3.91. The molecule has 150 valence electrons. The van der Waals surface area contributed by atoms with Gasteiger partial charge in [-0.05, 0) is 59.0 Å². The van der Waals surface area contributed by atoms with Gasteiger partial charge in [-0.2, -0.15) is 10.1 Å². The number of nitro groups is 1. The molecule has 0 spiro atoms. The molecular weight excluding hydrogens is 603 g/mol. The topological polar surface area (TPSA) is 88.7 Å². The Kier molecular flexibility index (Phi) is 6.22. The van der Waals surface area contributed by atoms with Gasteiger partial charge < -0.3 is 0 Å². The lowest BCUT2D eigenvalue weighted by atomic mass is 10.2. The number of carbonyl (C=O) groups excluding carboxylic acids is 1. The van der Waals surface area contributed by atoms with Gasteiger partial charge in [0.05, 0.1) is 31.8 Å². The first-order valence-electron chi connectivity index (χ1n) is 8.35. The number of thiazole rings is 1. The number of rotatable bonds is 5. The molecule has 4 aromatic rings. The van der Waals surface area contributed by atoms with Crippen molar-refractivity contribution < 1.29 is 9.72 Å². The second-order valence-electron chi connectivity index (χ2n) is 5.88. The van der Waals surface area contributed by atoms with Crippen LogP contribution in [0, 0.1) is 13.7 Å². The average Bonchev–Trinajstić information content (AvgIpc) is 3.35. The van der Waals surface area contributed by atoms with Crippen molar-refractivity contribution in [3.8, 4) is 0 Å². The Morgan fingerprint density at radius 2 is 2.00 bits per heavy atom. The molecule has 0 aliphatic carbocycles. The predicted molar refractivity (Wildman–Crippen MR) is 132 cm³/mol. The molecule has 0 aliphatic heterocycles. The molecule has 7 nitrogen and oxygen atoms in total. The van der Waals surface area contributed by atoms with E-state index in [-0.39, 0.29) is 10.9 Å². The maximum Gasteiger partial charge on any atom is 0.324 e. The maximum absolute atomic E-state index is 13.3. The number of hydrazone groups is 1. The van der Waals surface area contributed by atoms with Gasteiger partial charge in [-0.1, -0.05) is 50.7 Å². The summed E-state index contributed by atoms with van der Waals surface area (Å²) in [5, 5.41) is 16.9. The van der Waals surface area contributed by atoms with Crippen LogP contribution in [0.4, 0.5) is 10.1 Å². The summed E-state index contributed by atoms with van der Waals surface area (Å²) in [7, 11) is 0. The number of nitrogens with zero attached hydrogens (tertiary/aromatic N) is 4. The van der Waals surface area contributed by atoms with E-state index in [1.54, 1.807) is 18.2 Å². The monoisotopic (exact) mass is 612 g/mol. The quantitative estimate of drug-likeness (QED) is 0.114. The molecule has 0 atom stereocenters. The van der Waals surface area contributed by atoms with Gasteiger partial charge in [0.1, 0.15) is 0 Å². The van der Waals surface area contributed by atoms with E-state index in [9.17, 15) is 14.9 Å². The molecular formula is C19H10BrIN4O3S2. The van der Waals surface area contributed by atoms with Gasteiger partial charge in [-0.25, -0.2) is 4.98 Å². The number of aromatic nitrogens is 1. The van der Waals surface area contributed by atoms with Crippen LogP contribution in [-0.2, 0) is 0 Å². The Bertz CT molecular complexity index is 1300. The Morgan fingerprint density at radius 1 is 1.20 bits per heavy atom. The zero-order valence-corrected chi connectivity index (χ0v) is 20.2. The first-order valence-corrected chi connectivity index (χ1v) is 11.9. The lowest BCUT2D eigenvalue weighted by Crippen LogP contribution is -2.26. The van der Waals surface area contributed by atoms with E-state index >= 15 is 0 Å². The normalized spacial score (nSPS) is 11.3. The molecule has 1 amide bonds. The number of benzene rings is 2. The molecule has 30 heavy (non-hydrogen) atoms. The molecule has 2 aromatic carbocycles. The van der Waals surface area contributed by atoms with Crippen LogP contribution in [0.1, 0.15) is 15.2 Å². The SMILES string of the molecule is O=C(c1ccccc1I)N(/N=C/c1ccc([N+](=O)[O-])s1)c1nc2ccc(Br)cc2s1. The molecule has 0 bridgehead atoms. The first-order chi connectivity index (χ1) is 14.4. The molecule has 0 saturated carbocycles. The number of hydrogen-bond donors (Lipinski definition) is 0. The van der Waals surface area contributed by atoms with Crippen molar-refractivity contribution in [3.05, 3.63) is 83.2 Å². The zero-order chi connectivity index (χ0) is 21.3. The molecule has 0 aliphatic rings. The number of halogens is 2. The summed E-state index contributed by atoms with van der Waals surface area (Å²) < 4.78 is 2.60. The van der Waals surface area contributed by atoms with Gasteiger partial charge in [0.15, 0.2) is 0 Å². The van der Waals surface area contributed by atoms with E-state index in [1.165, 1.54) is 28.6 Å². The smallest absolute Gasteiger partial charge is 0.267 e. The second kappa shape index (κ2) is 8.88. The van der Waals surface area contributed by atoms with E-state index in [1.807, 2.05) is 30.3 Å². The fourth-order valence-corrected chi connectivity index (χ4v) is 5.32. The van der Waals surface area contributed by atoms with Crippen molar-refractivity contribution >= 4 is 93.7 Å². The summed E-state index contributed by atoms with van der Waals surface area (Å²) in [4.78, 5) is 28.9. The highest BCUT2D eigenvalue weighted by molar-refractivity contribution is 14.1. The van der Waals surface area contributed by atoms with Crippen LogP contribution in [-0.4, -0.2) is 22.0 Å². The van der Waals surface area contributed by atoms with Crippen molar-refractivity contribution in [3.63, 3.8) is 0 Å². The van der Waals surface area contributed by atoms with Gasteiger partial charge in [0.2, 0.25) is 5.13 Å². The minimum absolute atomic E-state index is 0.0109. The number of thiophene rings is 1. The van der Waals surface area contributed by atoms with Crippen LogP contribution in [0.5, 0.6) is 0 Å². The zero-order valence-electron chi connectivity index (χ0n) is 14.9. The largest absolute Gasteiger partial charge is 0.324 e. The van der Waals surface area contributed by atoms with Crippen LogP contribution in [0.15, 0.2) is 64.2 Å². The fraction of sp³-hybridized carbons (Fsp3) is 0. The van der Waals surface area contributed by atoms with Crippen LogP contribution in [0.25, 0.3) is 10.2 Å². The van der Waals surface area contributed by atoms with Crippen molar-refractivity contribution in [2.75, 3.05) is 5.01 Å². The summed E-state index contributed by atoms with van der Waals surface area (Å²) in [6.07, 6.45) is 1.44. The third kappa shape index (κ3) is 4.43. The highest BCUT2D eigenvalue weighted by atomic mass is 127. The highest BCUT2D eigenvalue weighted by Crippen LogP contribution is 2.32. The molecule has 0 radical (unpaired) electrons. The van der Waals surface area contributed by atoms with Crippen LogP contribution < -0.4 is 5.01 Å². The Morgan fingerprint density at radius 3 is 2.73 bits per heavy atom. The van der Waals surface area contributed by atoms with Gasteiger partial charge in [0, 0.05) is 14.1 Å². The van der Waals surface area contributed by atoms with Crippen LogP contribution >= 0.6 is 61.2 Å². The van der Waals surface area contributed by atoms with E-state index in [2.05, 4.69) is 48.6 Å². The molecule has 11 heteroatoms. The minimum atomic E-state index is -0.456. The number of amides is 1. The standard InChI is InChI=1S/C19H10BrIN4O3S2/c20-11-5-7-15-16(9-11)30-19(23-15)24(18(26)13-3-1-2-4-14(13)21)22-10-12-6-8-17(29-12)25(27)28/h1-10H/b22-10+. The first kappa shape index (κ1) is 21.0. The summed E-state index contributed by atoms with van der Waals surface area (Å²) in [6, 6.07) is 15.9. The summed E-state index contributed by atoms with van der Waals surface area (Å²) in [5.41, 5.74) is 1.24. The lowest BCUT2D eigenvalue weighted by Gasteiger charge is -2.14. The third-order valence-corrected chi connectivity index (χ3v) is 7.31. The molecule has 0 N–H and O–H groups in total. The number of fused-ring (bicyclic) bond motifs is 1. The number of anilines is 1. The number of hydrogen-bond acceptors (Lipinski definition) is 7. The van der Waals surface area contributed by atoms with E-state index in [0.29, 0.717) is 15.6 Å². The van der Waals surface area contributed by atoms with Crippen molar-refractivity contribution in [2.45, 2.75) is 0 Å². The fourth-order valence-electron chi connectivity index (χ4n) is 2.54. The Balaban J connectivity index is 1.76. The van der Waals surface area contributed by atoms with E-state index in [4.69, 9.17) is 0 Å². The highest BCUT2D eigenvalue weighted by Gasteiger charge is 2.23. The Labute approximate surface area is 200 Å². The average molecular weight is 613 g/mol. The summed E-state index contributed by atoms with van der Waals surface area (Å²) >= 11 is 7.87. The number of carbonyl (C=O) groups is 1. The Hall–Kier alpha value is -2.22. The van der Waals surface area contributed by atoms with Gasteiger partial charge in [-0.3, -0.25) is 14.9 Å². The van der Waals surface area contributed by atoms with Crippen molar-refractivity contribution in [2.24, 2.45) is 5.10 Å². The molecule has 0 fully saturated rings. The van der Waals surface area contributed by atoms with Gasteiger partial charge >= 0.3 is 5.00 Å². The van der Waals surface area contributed by atoms with Crippen molar-refractivity contribution in [1.82, 2.24) is 4.98 Å².